The second-order valence-corrected chi connectivity index (χ2v) is 11.2. The van der Waals surface area contributed by atoms with Crippen LogP contribution in [0.25, 0.3) is 22.3 Å². The van der Waals surface area contributed by atoms with Gasteiger partial charge in [-0.05, 0) is 119 Å². The van der Waals surface area contributed by atoms with Gasteiger partial charge in [0.15, 0.2) is 0 Å². The van der Waals surface area contributed by atoms with E-state index in [1.54, 1.807) is 48.6 Å². The van der Waals surface area contributed by atoms with Gasteiger partial charge in [0.1, 0.15) is 29.6 Å². The van der Waals surface area contributed by atoms with E-state index in [0.717, 1.165) is 62.0 Å². The second-order valence-electron chi connectivity index (χ2n) is 10.6. The van der Waals surface area contributed by atoms with E-state index in [4.69, 9.17) is 14.8 Å². The normalized spacial score (nSPS) is 8.76. The predicted octanol–water partition coefficient (Wildman–Crippen LogP) is 4.70. The van der Waals surface area contributed by atoms with Crippen LogP contribution in [0.2, 0.25) is 0 Å². The molecule has 0 bridgehead atoms. The summed E-state index contributed by atoms with van der Waals surface area (Å²) in [7, 11) is 0. The van der Waals surface area contributed by atoms with Crippen molar-refractivity contribution >= 4 is 22.4 Å². The number of halogens is 1. The molecule has 0 amide bonds. The molecule has 0 aliphatic carbocycles. The van der Waals surface area contributed by atoms with Crippen LogP contribution in [0.5, 0.6) is 23.0 Å². The number of carbonyl (C=O) groups is 1. The third kappa shape index (κ3) is 22.3. The third-order valence-electron chi connectivity index (χ3n) is 6.93. The predicted molar refractivity (Wildman–Crippen MR) is 226 cm³/mol. The summed E-state index contributed by atoms with van der Waals surface area (Å²) in [4.78, 5) is 11.2. The number of carbonyl (C=O) groups excluding carboxylic acids is 1. The summed E-state index contributed by atoms with van der Waals surface area (Å²) in [5.74, 6) is 1.70. The first-order valence-electron chi connectivity index (χ1n) is 15.8. The summed E-state index contributed by atoms with van der Waals surface area (Å²) in [5.41, 5.74) is 7.78. The molecule has 3 N–H and O–H groups in total. The Hall–Kier alpha value is -2.30. The van der Waals surface area contributed by atoms with Gasteiger partial charge in [-0.3, -0.25) is 4.79 Å². The summed E-state index contributed by atoms with van der Waals surface area (Å²) < 4.78 is 5.69. The minimum Gasteiger partial charge on any atom is -1.00 e. The van der Waals surface area contributed by atoms with Gasteiger partial charge in [-0.15, -0.1) is 32.9 Å². The molecule has 0 heterocycles. The molecule has 286 valence electrons. The van der Waals surface area contributed by atoms with Gasteiger partial charge in [0, 0.05) is 5.33 Å². The average molecular weight is 866 g/mol. The van der Waals surface area contributed by atoms with Crippen LogP contribution < -0.4 is 113 Å². The molecule has 0 aliphatic rings. The maximum Gasteiger partial charge on any atom is 1.00 e. The second kappa shape index (κ2) is 36.1. The largest absolute Gasteiger partial charge is 1.00 e. The zero-order valence-electron chi connectivity index (χ0n) is 31.8. The first-order chi connectivity index (χ1) is 24.7. The van der Waals surface area contributed by atoms with Crippen molar-refractivity contribution in [1.82, 2.24) is 0 Å². The molecule has 0 radical (unpaired) electrons. The van der Waals surface area contributed by atoms with Gasteiger partial charge < -0.3 is 31.6 Å². The Morgan fingerprint density at radius 1 is 0.564 bits per heavy atom. The van der Waals surface area contributed by atoms with Crippen molar-refractivity contribution < 1.29 is 139 Å². The van der Waals surface area contributed by atoms with Gasteiger partial charge in [0.25, 0.3) is 6.47 Å². The van der Waals surface area contributed by atoms with E-state index in [1.807, 2.05) is 54.6 Å². The Morgan fingerprint density at radius 3 is 1.13 bits per heavy atom. The molecule has 0 fully saturated rings. The molecule has 0 saturated carbocycles. The van der Waals surface area contributed by atoms with E-state index in [0.29, 0.717) is 31.6 Å². The first-order valence-corrected chi connectivity index (χ1v) is 17.0. The van der Waals surface area contributed by atoms with Gasteiger partial charge in [-0.2, -0.15) is 0 Å². The number of ether oxygens (including phenoxy) is 1. The minimum atomic E-state index is -0.181. The quantitative estimate of drug-likeness (QED) is 0.0397. The van der Waals surface area contributed by atoms with Crippen LogP contribution in [0.1, 0.15) is 38.5 Å². The number of rotatable bonds is 15. The van der Waals surface area contributed by atoms with E-state index < -0.39 is 0 Å². The molecular weight excluding hydrogens is 811 g/mol. The molecule has 4 aromatic carbocycles. The molecule has 0 aliphatic heterocycles. The Labute approximate surface area is 424 Å². The first kappa shape index (κ1) is 59.4. The van der Waals surface area contributed by atoms with Crippen LogP contribution in [0.4, 0.5) is 0 Å². The standard InChI is InChI=1S/C21H22O2.C18H18O2.C3H5Br.CH2O3.2CH4.2K.H/c1-4-7-18-14-16(9-11-20(18)22)17-10-12-21(23-13-6-3)19(15-17)8-5-2;1-3-5-15-11-13(7-9-17(15)19)14-8-10-18(20)16(12-14)6-4-2;1-2-3-4;2-1-4-3;;;;;/h4-6,9-12,14-15,22H,1-3,7-8,13H2;3-4,7-12,19-20H,1-2,5-6H2;2H,1,3H2;1,3H;2*1H4;;;/q;;;;;;2*+1;-1/p-1. The van der Waals surface area contributed by atoms with Crippen molar-refractivity contribution in [2.45, 2.75) is 40.5 Å². The molecule has 0 unspecified atom stereocenters. The van der Waals surface area contributed by atoms with E-state index in [1.165, 1.54) is 0 Å². The molecule has 10 heteroatoms. The number of allylic oxidation sites excluding steroid dienone is 5. The summed E-state index contributed by atoms with van der Waals surface area (Å²) >= 11 is 3.13. The molecule has 55 heavy (non-hydrogen) atoms. The number of phenols is 3. The Kier molecular flexibility index (Phi) is 39.0. The van der Waals surface area contributed by atoms with Crippen LogP contribution >= 0.6 is 15.9 Å². The fraction of sp³-hybridized carbons (Fsp3) is 0.178. The van der Waals surface area contributed by atoms with Gasteiger partial charge in [0.2, 0.25) is 0 Å². The number of hydrogen-bond acceptors (Lipinski definition) is 7. The number of hydrogen-bond donors (Lipinski definition) is 3. The number of aromatic hydroxyl groups is 3. The Bertz CT molecular complexity index is 1700. The molecule has 4 rings (SSSR count). The van der Waals surface area contributed by atoms with Gasteiger partial charge in [0.05, 0.1) is 0 Å². The molecule has 0 spiro atoms. The Morgan fingerprint density at radius 2 is 0.855 bits per heavy atom. The maximum atomic E-state index is 9.90. The number of benzene rings is 4. The van der Waals surface area contributed by atoms with Gasteiger partial charge in [-0.25, -0.2) is 0 Å². The van der Waals surface area contributed by atoms with Crippen LogP contribution in [-0.2, 0) is 35.4 Å². The molecule has 0 aromatic heterocycles. The van der Waals surface area contributed by atoms with Crippen LogP contribution in [0.3, 0.4) is 0 Å². The topological polar surface area (TPSA) is 119 Å². The van der Waals surface area contributed by atoms with Crippen LogP contribution in [0, 0.1) is 0 Å². The minimum absolute atomic E-state index is 0. The zero-order valence-corrected chi connectivity index (χ0v) is 38.6. The summed E-state index contributed by atoms with van der Waals surface area (Å²) in [6, 6.07) is 22.7. The van der Waals surface area contributed by atoms with Crippen molar-refractivity contribution in [3.8, 4) is 45.3 Å². The monoisotopic (exact) mass is 864 g/mol. The summed E-state index contributed by atoms with van der Waals surface area (Å²) in [5, 5.41) is 38.8. The fourth-order valence-electron chi connectivity index (χ4n) is 4.62. The smallest absolute Gasteiger partial charge is 1.00 e. The van der Waals surface area contributed by atoms with Crippen molar-refractivity contribution in [1.29, 1.82) is 0 Å². The SMILES string of the molecule is C.C.C=CCBr.C=CCOc1ccc(-c2ccc(O)c(CC=C)c2)cc1CC=C.C=CCc1cc(-c2ccc(O)c(CC=C)c2)ccc1O.O=CO[O-].[H-].[K+].[K+]. The van der Waals surface area contributed by atoms with Crippen LogP contribution in [-0.4, -0.2) is 33.7 Å². The van der Waals surface area contributed by atoms with Crippen molar-refractivity contribution in [2.24, 2.45) is 0 Å². The summed E-state index contributed by atoms with van der Waals surface area (Å²) in [6.07, 6.45) is 13.3. The molecule has 0 saturated heterocycles. The van der Waals surface area contributed by atoms with Crippen molar-refractivity contribution in [3.05, 3.63) is 171 Å². The van der Waals surface area contributed by atoms with Crippen molar-refractivity contribution in [3.63, 3.8) is 0 Å². The number of phenolic OH excluding ortho intramolecular Hbond substituents is 3. The molecule has 4 aromatic rings. The third-order valence-corrected chi connectivity index (χ3v) is 7.39. The number of alkyl halides is 1. The zero-order chi connectivity index (χ0) is 38.0. The molecule has 0 atom stereocenters. The van der Waals surface area contributed by atoms with Crippen molar-refractivity contribution in [2.75, 3.05) is 11.9 Å². The Balaban J connectivity index is -0.000000242. The van der Waals surface area contributed by atoms with Gasteiger partial charge in [-0.1, -0.05) is 98.1 Å². The van der Waals surface area contributed by atoms with E-state index in [-0.39, 0.29) is 137 Å². The van der Waals surface area contributed by atoms with Crippen LogP contribution in [0.15, 0.2) is 149 Å². The van der Waals surface area contributed by atoms with E-state index in [2.05, 4.69) is 66.4 Å². The molecular formula is C45H55BrK2O7. The molecule has 7 nitrogen and oxygen atoms in total. The fourth-order valence-corrected chi connectivity index (χ4v) is 4.62. The van der Waals surface area contributed by atoms with E-state index >= 15 is 0 Å². The van der Waals surface area contributed by atoms with Gasteiger partial charge >= 0.3 is 103 Å². The maximum absolute atomic E-state index is 9.90. The summed E-state index contributed by atoms with van der Waals surface area (Å²) in [6.45, 7) is 22.3. The average Bonchev–Trinajstić information content (AvgIpc) is 3.14. The van der Waals surface area contributed by atoms with E-state index in [9.17, 15) is 15.3 Å².